The zero-order valence-corrected chi connectivity index (χ0v) is 8.13. The Bertz CT molecular complexity index is 315. The van der Waals surface area contributed by atoms with Gasteiger partial charge in [0.15, 0.2) is 5.78 Å². The van der Waals surface area contributed by atoms with Crippen molar-refractivity contribution in [3.8, 4) is 0 Å². The molecule has 4 heteroatoms. The molecule has 0 fully saturated rings. The molecule has 0 aliphatic heterocycles. The maximum Gasteiger partial charge on any atom is 0.225 e. The molecule has 4 nitrogen and oxygen atoms in total. The molecule has 1 heterocycles. The highest BCUT2D eigenvalue weighted by Gasteiger charge is 2.16. The lowest BCUT2D eigenvalue weighted by atomic mass is 10.1. The molecule has 0 aromatic carbocycles. The number of carbonyl (C=O) groups is 1. The minimum atomic E-state index is -0.181. The number of nitrogen functional groups attached to an aromatic ring is 1. The number of ketones is 1. The van der Waals surface area contributed by atoms with Gasteiger partial charge in [-0.2, -0.15) is 0 Å². The highest BCUT2D eigenvalue weighted by atomic mass is 16.5. The molecule has 0 atom stereocenters. The van der Waals surface area contributed by atoms with Gasteiger partial charge in [-0.3, -0.25) is 4.79 Å². The highest BCUT2D eigenvalue weighted by molar-refractivity contribution is 5.96. The molecule has 0 spiro atoms. The summed E-state index contributed by atoms with van der Waals surface area (Å²) in [6, 6.07) is 0. The van der Waals surface area contributed by atoms with E-state index in [1.54, 1.807) is 0 Å². The van der Waals surface area contributed by atoms with Crippen LogP contribution < -0.4 is 5.73 Å². The number of hydrogen-bond acceptors (Lipinski definition) is 4. The summed E-state index contributed by atoms with van der Waals surface area (Å²) in [7, 11) is 0. The molecule has 13 heavy (non-hydrogen) atoms. The molecule has 0 saturated carbocycles. The van der Waals surface area contributed by atoms with Crippen LogP contribution in [0.1, 0.15) is 37.0 Å². The van der Waals surface area contributed by atoms with E-state index in [9.17, 15) is 4.79 Å². The van der Waals surface area contributed by atoms with Crippen LogP contribution >= 0.6 is 0 Å². The lowest BCUT2D eigenvalue weighted by molar-refractivity contribution is 0.0979. The van der Waals surface area contributed by atoms with Gasteiger partial charge in [-0.05, 0) is 12.3 Å². The monoisotopic (exact) mass is 182 g/mol. The molecule has 0 aliphatic rings. The van der Waals surface area contributed by atoms with Crippen molar-refractivity contribution in [3.63, 3.8) is 0 Å². The van der Waals surface area contributed by atoms with E-state index in [-0.39, 0.29) is 11.5 Å². The van der Waals surface area contributed by atoms with Gasteiger partial charge < -0.3 is 10.3 Å². The van der Waals surface area contributed by atoms with E-state index in [1.807, 2.05) is 0 Å². The van der Waals surface area contributed by atoms with Crippen LogP contribution in [-0.2, 0) is 6.42 Å². The first-order valence-corrected chi connectivity index (χ1v) is 4.27. The van der Waals surface area contributed by atoms with E-state index in [1.165, 1.54) is 6.92 Å². The number of hydrogen-bond donors (Lipinski definition) is 1. The Morgan fingerprint density at radius 3 is 2.62 bits per heavy atom. The number of Topliss-reactive ketones (excluding diaryl/α,β-unsaturated/α-hetero) is 1. The van der Waals surface area contributed by atoms with E-state index < -0.39 is 0 Å². The van der Waals surface area contributed by atoms with Gasteiger partial charge in [0, 0.05) is 6.92 Å². The largest absolute Gasteiger partial charge is 0.394 e. The third-order valence-electron chi connectivity index (χ3n) is 1.72. The molecule has 1 rings (SSSR count). The van der Waals surface area contributed by atoms with Gasteiger partial charge in [0.05, 0.1) is 0 Å². The SMILES string of the molecule is CC(=O)c1onc(CC(C)C)c1N. The summed E-state index contributed by atoms with van der Waals surface area (Å²) in [6.07, 6.45) is 0.739. The fraction of sp³-hybridized carbons (Fsp3) is 0.556. The molecular formula is C9H14N2O2. The first kappa shape index (κ1) is 9.77. The Kier molecular flexibility index (Phi) is 2.70. The summed E-state index contributed by atoms with van der Waals surface area (Å²) in [6.45, 7) is 5.53. The topological polar surface area (TPSA) is 69.1 Å². The summed E-state index contributed by atoms with van der Waals surface area (Å²) in [4.78, 5) is 11.0. The van der Waals surface area contributed by atoms with Gasteiger partial charge in [0.2, 0.25) is 5.76 Å². The van der Waals surface area contributed by atoms with Crippen molar-refractivity contribution >= 4 is 11.5 Å². The first-order chi connectivity index (χ1) is 6.02. The lowest BCUT2D eigenvalue weighted by Crippen LogP contribution is -2.01. The van der Waals surface area contributed by atoms with Crippen LogP contribution in [0, 0.1) is 5.92 Å². The Morgan fingerprint density at radius 1 is 1.62 bits per heavy atom. The van der Waals surface area contributed by atoms with Crippen molar-refractivity contribution in [1.29, 1.82) is 0 Å². The van der Waals surface area contributed by atoms with Crippen molar-refractivity contribution in [1.82, 2.24) is 5.16 Å². The average Bonchev–Trinajstić information content (AvgIpc) is 2.32. The predicted octanol–water partition coefficient (Wildman–Crippen LogP) is 1.66. The minimum absolute atomic E-state index is 0.177. The van der Waals surface area contributed by atoms with Crippen LogP contribution in [0.25, 0.3) is 0 Å². The van der Waals surface area contributed by atoms with Gasteiger partial charge in [-0.1, -0.05) is 19.0 Å². The maximum absolute atomic E-state index is 11.0. The molecule has 0 unspecified atom stereocenters. The predicted molar refractivity (Wildman–Crippen MR) is 49.5 cm³/mol. The van der Waals surface area contributed by atoms with Crippen LogP contribution in [0.4, 0.5) is 5.69 Å². The molecular weight excluding hydrogens is 168 g/mol. The second kappa shape index (κ2) is 3.60. The van der Waals surface area contributed by atoms with Gasteiger partial charge in [0.25, 0.3) is 0 Å². The molecule has 0 bridgehead atoms. The first-order valence-electron chi connectivity index (χ1n) is 4.27. The smallest absolute Gasteiger partial charge is 0.225 e. The van der Waals surface area contributed by atoms with Crippen LogP contribution in [0.15, 0.2) is 4.52 Å². The summed E-state index contributed by atoms with van der Waals surface area (Å²) in [5, 5.41) is 3.76. The molecule has 0 amide bonds. The third-order valence-corrected chi connectivity index (χ3v) is 1.72. The number of nitrogens with zero attached hydrogens (tertiary/aromatic N) is 1. The van der Waals surface area contributed by atoms with Crippen LogP contribution in [0.5, 0.6) is 0 Å². The second-order valence-electron chi connectivity index (χ2n) is 3.53. The van der Waals surface area contributed by atoms with E-state index in [0.717, 1.165) is 6.42 Å². The van der Waals surface area contributed by atoms with Crippen molar-refractivity contribution in [2.75, 3.05) is 5.73 Å². The van der Waals surface area contributed by atoms with Gasteiger partial charge in [-0.25, -0.2) is 0 Å². The van der Waals surface area contributed by atoms with E-state index in [4.69, 9.17) is 10.3 Å². The van der Waals surface area contributed by atoms with Crippen molar-refractivity contribution in [2.45, 2.75) is 27.2 Å². The van der Waals surface area contributed by atoms with Gasteiger partial charge >= 0.3 is 0 Å². The van der Waals surface area contributed by atoms with Crippen LogP contribution in [0.2, 0.25) is 0 Å². The van der Waals surface area contributed by atoms with Gasteiger partial charge in [0.1, 0.15) is 11.4 Å². The van der Waals surface area contributed by atoms with Gasteiger partial charge in [-0.15, -0.1) is 0 Å². The average molecular weight is 182 g/mol. The van der Waals surface area contributed by atoms with Crippen molar-refractivity contribution < 1.29 is 9.32 Å². The summed E-state index contributed by atoms with van der Waals surface area (Å²) in [5.74, 6) is 0.447. The van der Waals surface area contributed by atoms with E-state index in [2.05, 4.69) is 19.0 Å². The second-order valence-corrected chi connectivity index (χ2v) is 3.53. The zero-order chi connectivity index (χ0) is 10.0. The summed E-state index contributed by atoms with van der Waals surface area (Å²) < 4.78 is 4.83. The molecule has 2 N–H and O–H groups in total. The number of anilines is 1. The van der Waals surface area contributed by atoms with E-state index in [0.29, 0.717) is 17.3 Å². The molecule has 72 valence electrons. The zero-order valence-electron chi connectivity index (χ0n) is 8.13. The number of nitrogens with two attached hydrogens (primary N) is 1. The standard InChI is InChI=1S/C9H14N2O2/c1-5(2)4-7-8(10)9(6(3)12)13-11-7/h5H,4,10H2,1-3H3. The Morgan fingerprint density at radius 2 is 2.23 bits per heavy atom. The van der Waals surface area contributed by atoms with Crippen LogP contribution in [-0.4, -0.2) is 10.9 Å². The Labute approximate surface area is 77.1 Å². The molecule has 0 aliphatic carbocycles. The number of rotatable bonds is 3. The molecule has 0 radical (unpaired) electrons. The Balaban J connectivity index is 2.93. The quantitative estimate of drug-likeness (QED) is 0.722. The maximum atomic E-state index is 11.0. The van der Waals surface area contributed by atoms with Crippen molar-refractivity contribution in [2.24, 2.45) is 5.92 Å². The number of aromatic nitrogens is 1. The fourth-order valence-electron chi connectivity index (χ4n) is 1.12. The molecule has 1 aromatic heterocycles. The highest BCUT2D eigenvalue weighted by Crippen LogP contribution is 2.19. The fourth-order valence-corrected chi connectivity index (χ4v) is 1.12. The number of carbonyl (C=O) groups excluding carboxylic acids is 1. The van der Waals surface area contributed by atoms with Crippen LogP contribution in [0.3, 0.4) is 0 Å². The summed E-state index contributed by atoms with van der Waals surface area (Å²) in [5.41, 5.74) is 6.75. The Hall–Kier alpha value is -1.32. The molecule has 1 aromatic rings. The minimum Gasteiger partial charge on any atom is -0.394 e. The summed E-state index contributed by atoms with van der Waals surface area (Å²) >= 11 is 0. The third kappa shape index (κ3) is 2.08. The van der Waals surface area contributed by atoms with E-state index >= 15 is 0 Å². The van der Waals surface area contributed by atoms with Crippen molar-refractivity contribution in [3.05, 3.63) is 11.5 Å². The normalized spacial score (nSPS) is 10.8. The lowest BCUT2D eigenvalue weighted by Gasteiger charge is -1.99. The molecule has 0 saturated heterocycles.